The van der Waals surface area contributed by atoms with Gasteiger partial charge in [-0.05, 0) is 26.0 Å². The lowest BCUT2D eigenvalue weighted by Crippen LogP contribution is -2.05. The monoisotopic (exact) mass is 280 g/mol. The first kappa shape index (κ1) is 16.0. The Balaban J connectivity index is 0.000000240. The highest BCUT2D eigenvalue weighted by Gasteiger charge is 2.29. The quantitative estimate of drug-likeness (QED) is 0.679. The summed E-state index contributed by atoms with van der Waals surface area (Å²) in [7, 11) is 0. The molecule has 20 heavy (non-hydrogen) atoms. The number of rotatable bonds is 1. The fourth-order valence-corrected chi connectivity index (χ4v) is 1.43. The molecule has 0 aliphatic carbocycles. The number of carbonyl (C=O) groups excluding carboxylic acids is 1. The van der Waals surface area contributed by atoms with E-state index in [1.165, 1.54) is 24.6 Å². The van der Waals surface area contributed by atoms with Gasteiger partial charge in [0.15, 0.2) is 5.78 Å². The summed E-state index contributed by atoms with van der Waals surface area (Å²) in [6.07, 6.45) is -4.34. The average Bonchev–Trinajstić information content (AvgIpc) is 2.39. The summed E-state index contributed by atoms with van der Waals surface area (Å²) in [4.78, 5) is 10.7. The molecule has 0 saturated heterocycles. The molecule has 0 amide bonds. The van der Waals surface area contributed by atoms with Crippen molar-refractivity contribution in [3.63, 3.8) is 0 Å². The standard InChI is InChI=1S/C9H7F3O.C7H8/c1-6(13)7-2-4-8(5-3-7)9(10,11)12;1-7-5-3-2-4-6-7/h2-5H,1H3;2-6H,1H3. The summed E-state index contributed by atoms with van der Waals surface area (Å²) in [5.41, 5.74) is 0.869. The second-order valence-corrected chi connectivity index (χ2v) is 4.29. The van der Waals surface area contributed by atoms with Gasteiger partial charge in [-0.15, -0.1) is 0 Å². The Morgan fingerprint density at radius 3 is 1.70 bits per heavy atom. The molecule has 0 atom stereocenters. The third kappa shape index (κ3) is 5.26. The average molecular weight is 280 g/mol. The van der Waals surface area contributed by atoms with Gasteiger partial charge in [0.05, 0.1) is 5.56 Å². The minimum Gasteiger partial charge on any atom is -0.295 e. The topological polar surface area (TPSA) is 17.1 Å². The number of benzene rings is 2. The number of alkyl halides is 3. The van der Waals surface area contributed by atoms with Crippen LogP contribution in [0.15, 0.2) is 54.6 Å². The van der Waals surface area contributed by atoms with Crippen molar-refractivity contribution in [2.75, 3.05) is 0 Å². The molecule has 0 fully saturated rings. The molecule has 2 aromatic carbocycles. The summed E-state index contributed by atoms with van der Waals surface area (Å²) >= 11 is 0. The van der Waals surface area contributed by atoms with Crippen molar-refractivity contribution in [3.8, 4) is 0 Å². The van der Waals surface area contributed by atoms with Gasteiger partial charge >= 0.3 is 6.18 Å². The maximum absolute atomic E-state index is 12.0. The number of ketones is 1. The van der Waals surface area contributed by atoms with Crippen LogP contribution in [-0.2, 0) is 6.18 Å². The summed E-state index contributed by atoms with van der Waals surface area (Å²) in [6, 6.07) is 14.4. The highest BCUT2D eigenvalue weighted by atomic mass is 19.4. The molecule has 0 aliphatic heterocycles. The van der Waals surface area contributed by atoms with Crippen LogP contribution in [0, 0.1) is 6.92 Å². The fraction of sp³-hybridized carbons (Fsp3) is 0.188. The normalized spacial score (nSPS) is 10.4. The van der Waals surface area contributed by atoms with Gasteiger partial charge in [-0.2, -0.15) is 13.2 Å². The number of halogens is 3. The van der Waals surface area contributed by atoms with E-state index >= 15 is 0 Å². The largest absolute Gasteiger partial charge is 0.416 e. The predicted molar refractivity (Wildman–Crippen MR) is 72.6 cm³/mol. The number of aryl methyl sites for hydroxylation is 1. The maximum atomic E-state index is 12.0. The lowest BCUT2D eigenvalue weighted by molar-refractivity contribution is -0.137. The highest BCUT2D eigenvalue weighted by molar-refractivity contribution is 5.94. The fourth-order valence-electron chi connectivity index (χ4n) is 1.43. The van der Waals surface area contributed by atoms with E-state index in [0.29, 0.717) is 0 Å². The number of carbonyl (C=O) groups is 1. The van der Waals surface area contributed by atoms with Gasteiger partial charge in [-0.25, -0.2) is 0 Å². The highest BCUT2D eigenvalue weighted by Crippen LogP contribution is 2.29. The number of Topliss-reactive ketones (excluding diaryl/α,β-unsaturated/α-hetero) is 1. The van der Waals surface area contributed by atoms with Gasteiger partial charge in [0.1, 0.15) is 0 Å². The minimum absolute atomic E-state index is 0.242. The van der Waals surface area contributed by atoms with Crippen LogP contribution in [0.25, 0.3) is 0 Å². The molecule has 106 valence electrons. The Labute approximate surface area is 116 Å². The summed E-state index contributed by atoms with van der Waals surface area (Å²) < 4.78 is 36.1. The predicted octanol–water partition coefficient (Wildman–Crippen LogP) is 4.90. The minimum atomic E-state index is -4.34. The second kappa shape index (κ2) is 6.89. The van der Waals surface area contributed by atoms with Crippen LogP contribution in [0.5, 0.6) is 0 Å². The van der Waals surface area contributed by atoms with Gasteiger partial charge in [0.2, 0.25) is 0 Å². The van der Waals surface area contributed by atoms with Crippen LogP contribution >= 0.6 is 0 Å². The van der Waals surface area contributed by atoms with E-state index in [-0.39, 0.29) is 11.3 Å². The third-order valence-electron chi connectivity index (χ3n) is 2.56. The molecule has 0 bridgehead atoms. The van der Waals surface area contributed by atoms with Crippen LogP contribution < -0.4 is 0 Å². The van der Waals surface area contributed by atoms with Crippen molar-refractivity contribution >= 4 is 5.78 Å². The molecule has 0 N–H and O–H groups in total. The van der Waals surface area contributed by atoms with Crippen molar-refractivity contribution < 1.29 is 18.0 Å². The Hall–Kier alpha value is -2.10. The zero-order valence-corrected chi connectivity index (χ0v) is 11.2. The molecule has 0 saturated carbocycles. The van der Waals surface area contributed by atoms with Gasteiger partial charge in [-0.1, -0.05) is 48.0 Å². The van der Waals surface area contributed by atoms with Crippen LogP contribution in [-0.4, -0.2) is 5.78 Å². The first-order valence-corrected chi connectivity index (χ1v) is 6.00. The third-order valence-corrected chi connectivity index (χ3v) is 2.56. The molecule has 0 spiro atoms. The Bertz CT molecular complexity index is 542. The van der Waals surface area contributed by atoms with Crippen molar-refractivity contribution in [1.82, 2.24) is 0 Å². The molecular formula is C16H15F3O. The van der Waals surface area contributed by atoms with E-state index in [1.807, 2.05) is 18.2 Å². The molecule has 1 nitrogen and oxygen atoms in total. The van der Waals surface area contributed by atoms with E-state index in [1.54, 1.807) is 0 Å². The van der Waals surface area contributed by atoms with Crippen molar-refractivity contribution in [2.24, 2.45) is 0 Å². The summed E-state index contributed by atoms with van der Waals surface area (Å²) in [5, 5.41) is 0. The van der Waals surface area contributed by atoms with Gasteiger partial charge in [-0.3, -0.25) is 4.79 Å². The molecule has 2 aromatic rings. The van der Waals surface area contributed by atoms with Crippen molar-refractivity contribution in [2.45, 2.75) is 20.0 Å². The Morgan fingerprint density at radius 1 is 0.900 bits per heavy atom. The van der Waals surface area contributed by atoms with E-state index in [2.05, 4.69) is 19.1 Å². The Morgan fingerprint density at radius 2 is 1.40 bits per heavy atom. The van der Waals surface area contributed by atoms with Gasteiger partial charge in [0, 0.05) is 5.56 Å². The van der Waals surface area contributed by atoms with Crippen LogP contribution in [0.1, 0.15) is 28.4 Å². The summed E-state index contributed by atoms with van der Waals surface area (Å²) in [5.74, 6) is -0.242. The van der Waals surface area contributed by atoms with Crippen molar-refractivity contribution in [3.05, 3.63) is 71.3 Å². The zero-order chi connectivity index (χ0) is 15.2. The maximum Gasteiger partial charge on any atom is 0.416 e. The Kier molecular flexibility index (Phi) is 5.50. The van der Waals surface area contributed by atoms with Crippen molar-refractivity contribution in [1.29, 1.82) is 0 Å². The molecule has 2 rings (SSSR count). The zero-order valence-electron chi connectivity index (χ0n) is 11.2. The lowest BCUT2D eigenvalue weighted by atomic mass is 10.1. The molecule has 0 unspecified atom stereocenters. The molecule has 0 heterocycles. The van der Waals surface area contributed by atoms with E-state index < -0.39 is 11.7 Å². The van der Waals surface area contributed by atoms with E-state index in [4.69, 9.17) is 0 Å². The van der Waals surface area contributed by atoms with Gasteiger partial charge < -0.3 is 0 Å². The molecule has 4 heteroatoms. The van der Waals surface area contributed by atoms with Gasteiger partial charge in [0.25, 0.3) is 0 Å². The molecule has 0 aromatic heterocycles. The second-order valence-electron chi connectivity index (χ2n) is 4.29. The number of hydrogen-bond donors (Lipinski definition) is 0. The van der Waals surface area contributed by atoms with Crippen LogP contribution in [0.4, 0.5) is 13.2 Å². The first-order chi connectivity index (χ1) is 9.30. The van der Waals surface area contributed by atoms with Crippen LogP contribution in [0.2, 0.25) is 0 Å². The smallest absolute Gasteiger partial charge is 0.295 e. The molecule has 0 aliphatic rings. The lowest BCUT2D eigenvalue weighted by Gasteiger charge is -2.05. The first-order valence-electron chi connectivity index (χ1n) is 6.00. The van der Waals surface area contributed by atoms with E-state index in [9.17, 15) is 18.0 Å². The molecular weight excluding hydrogens is 265 g/mol. The SMILES string of the molecule is CC(=O)c1ccc(C(F)(F)F)cc1.Cc1ccccc1. The summed E-state index contributed by atoms with van der Waals surface area (Å²) in [6.45, 7) is 3.39. The van der Waals surface area contributed by atoms with E-state index in [0.717, 1.165) is 12.1 Å². The molecule has 0 radical (unpaired) electrons. The number of hydrogen-bond acceptors (Lipinski definition) is 1. The van der Waals surface area contributed by atoms with Crippen LogP contribution in [0.3, 0.4) is 0 Å².